The monoisotopic (exact) mass is 286 g/mol. The molecule has 0 bridgehead atoms. The van der Waals surface area contributed by atoms with Crippen molar-refractivity contribution in [2.75, 3.05) is 6.54 Å². The first-order valence-electron chi connectivity index (χ1n) is 5.95. The van der Waals surface area contributed by atoms with Crippen LogP contribution < -0.4 is 10.6 Å². The number of aliphatic hydroxyl groups excluding tert-OH is 3. The van der Waals surface area contributed by atoms with E-state index in [-0.39, 0.29) is 13.0 Å². The van der Waals surface area contributed by atoms with Gasteiger partial charge in [0.2, 0.25) is 5.91 Å². The summed E-state index contributed by atoms with van der Waals surface area (Å²) < 4.78 is 5.12. The average Bonchev–Trinajstić information content (AvgIpc) is 2.40. The smallest absolute Gasteiger partial charge is 0.285 e. The van der Waals surface area contributed by atoms with Crippen LogP contribution in [-0.4, -0.2) is 58.2 Å². The van der Waals surface area contributed by atoms with Gasteiger partial charge in [-0.25, -0.2) is 0 Å². The lowest BCUT2D eigenvalue weighted by molar-refractivity contribution is -0.211. The zero-order chi connectivity index (χ0) is 15.3. The highest BCUT2D eigenvalue weighted by molar-refractivity contribution is 5.90. The molecular formula is C12H18N2O6. The Bertz CT molecular complexity index is 411. The minimum absolute atomic E-state index is 0.00352. The van der Waals surface area contributed by atoms with Crippen molar-refractivity contribution < 1.29 is 29.6 Å². The Kier molecular flexibility index (Phi) is 5.68. The summed E-state index contributed by atoms with van der Waals surface area (Å²) in [7, 11) is 0. The maximum absolute atomic E-state index is 11.2. The first-order valence-corrected chi connectivity index (χ1v) is 5.95. The van der Waals surface area contributed by atoms with Crippen LogP contribution in [0.1, 0.15) is 6.42 Å². The molecule has 8 nitrogen and oxygen atoms in total. The fourth-order valence-electron chi connectivity index (χ4n) is 1.73. The van der Waals surface area contributed by atoms with E-state index >= 15 is 0 Å². The molecular weight excluding hydrogens is 268 g/mol. The van der Waals surface area contributed by atoms with E-state index in [2.05, 4.69) is 23.8 Å². The number of rotatable bonds is 5. The second kappa shape index (κ2) is 7.04. The van der Waals surface area contributed by atoms with Crippen molar-refractivity contribution in [1.82, 2.24) is 10.6 Å². The molecule has 0 radical (unpaired) electrons. The average molecular weight is 286 g/mol. The van der Waals surface area contributed by atoms with E-state index in [0.29, 0.717) is 0 Å². The molecule has 2 amide bonds. The second-order valence-corrected chi connectivity index (χ2v) is 4.34. The Hall–Kier alpha value is -1.90. The third-order valence-corrected chi connectivity index (χ3v) is 2.82. The Morgan fingerprint density at radius 1 is 1.40 bits per heavy atom. The summed E-state index contributed by atoms with van der Waals surface area (Å²) in [5.41, 5.74) is 0. The standard InChI is InChI=1S/C12H18N2O6/c1-3-10(17)13-5-9-8(16)4-7(12(19)20-9)14-11(18)6(2)15/h3,7-9,12,15-16,19H,1-2,4-5H2,(H,13,17)(H,14,18). The zero-order valence-electron chi connectivity index (χ0n) is 10.8. The molecule has 0 spiro atoms. The van der Waals surface area contributed by atoms with Crippen LogP contribution in [0.15, 0.2) is 25.0 Å². The Morgan fingerprint density at radius 2 is 2.05 bits per heavy atom. The molecule has 5 N–H and O–H groups in total. The SMILES string of the molecule is C=CC(=O)NCC1OC(O)C(NC(=O)C(=C)O)CC1O. The van der Waals surface area contributed by atoms with Crippen molar-refractivity contribution in [2.24, 2.45) is 0 Å². The van der Waals surface area contributed by atoms with Crippen molar-refractivity contribution in [3.63, 3.8) is 0 Å². The van der Waals surface area contributed by atoms with Gasteiger partial charge in [0.15, 0.2) is 12.0 Å². The molecule has 20 heavy (non-hydrogen) atoms. The van der Waals surface area contributed by atoms with Gasteiger partial charge >= 0.3 is 0 Å². The van der Waals surface area contributed by atoms with Crippen LogP contribution in [0.25, 0.3) is 0 Å². The maximum atomic E-state index is 11.2. The first-order chi connectivity index (χ1) is 9.35. The zero-order valence-corrected chi connectivity index (χ0v) is 10.8. The van der Waals surface area contributed by atoms with Gasteiger partial charge in [-0.1, -0.05) is 13.2 Å². The molecule has 0 aliphatic carbocycles. The summed E-state index contributed by atoms with van der Waals surface area (Å²) in [6.07, 6.45) is -2.09. The van der Waals surface area contributed by atoms with Crippen LogP contribution >= 0.6 is 0 Å². The topological polar surface area (TPSA) is 128 Å². The number of carbonyl (C=O) groups is 2. The molecule has 8 heteroatoms. The number of ether oxygens (including phenoxy) is 1. The molecule has 4 unspecified atom stereocenters. The third kappa shape index (κ3) is 4.34. The molecule has 0 saturated carbocycles. The van der Waals surface area contributed by atoms with Crippen molar-refractivity contribution in [3.05, 3.63) is 25.0 Å². The number of amides is 2. The first kappa shape index (κ1) is 16.2. The van der Waals surface area contributed by atoms with Crippen molar-refractivity contribution in [2.45, 2.75) is 31.0 Å². The van der Waals surface area contributed by atoms with Crippen molar-refractivity contribution in [1.29, 1.82) is 0 Å². The van der Waals surface area contributed by atoms with Gasteiger partial charge in [-0.2, -0.15) is 0 Å². The van der Waals surface area contributed by atoms with Gasteiger partial charge in [0.25, 0.3) is 5.91 Å². The van der Waals surface area contributed by atoms with Gasteiger partial charge in [-0.05, 0) is 6.08 Å². The second-order valence-electron chi connectivity index (χ2n) is 4.34. The Labute approximate surface area is 115 Å². The van der Waals surface area contributed by atoms with E-state index in [0.717, 1.165) is 6.08 Å². The minimum Gasteiger partial charge on any atom is -0.503 e. The molecule has 0 aromatic carbocycles. The van der Waals surface area contributed by atoms with Gasteiger partial charge in [0.1, 0.15) is 6.10 Å². The van der Waals surface area contributed by atoms with Gasteiger partial charge < -0.3 is 30.7 Å². The van der Waals surface area contributed by atoms with Crippen LogP contribution in [0.4, 0.5) is 0 Å². The highest BCUT2D eigenvalue weighted by Crippen LogP contribution is 2.19. The molecule has 0 aromatic heterocycles. The van der Waals surface area contributed by atoms with E-state index in [9.17, 15) is 19.8 Å². The summed E-state index contributed by atoms with van der Waals surface area (Å²) in [4.78, 5) is 22.2. The van der Waals surface area contributed by atoms with Crippen molar-refractivity contribution >= 4 is 11.8 Å². The Morgan fingerprint density at radius 3 is 2.60 bits per heavy atom. The highest BCUT2D eigenvalue weighted by atomic mass is 16.6. The van der Waals surface area contributed by atoms with E-state index in [1.807, 2.05) is 0 Å². The summed E-state index contributed by atoms with van der Waals surface area (Å²) in [6, 6.07) is -0.882. The van der Waals surface area contributed by atoms with Crippen LogP contribution in [0.3, 0.4) is 0 Å². The largest absolute Gasteiger partial charge is 0.503 e. The van der Waals surface area contributed by atoms with Gasteiger partial charge in [-0.3, -0.25) is 9.59 Å². The predicted octanol–water partition coefficient (Wildman–Crippen LogP) is -1.69. The van der Waals surface area contributed by atoms with Crippen LogP contribution in [0, 0.1) is 0 Å². The van der Waals surface area contributed by atoms with Crippen LogP contribution in [0.5, 0.6) is 0 Å². The van der Waals surface area contributed by atoms with Gasteiger partial charge in [-0.15, -0.1) is 0 Å². The maximum Gasteiger partial charge on any atom is 0.285 e. The van der Waals surface area contributed by atoms with Gasteiger partial charge in [0.05, 0.1) is 12.1 Å². The fraction of sp³-hybridized carbons (Fsp3) is 0.500. The number of nitrogens with one attached hydrogen (secondary N) is 2. The van der Waals surface area contributed by atoms with Crippen LogP contribution in [-0.2, 0) is 14.3 Å². The molecule has 1 aliphatic heterocycles. The van der Waals surface area contributed by atoms with E-state index in [1.165, 1.54) is 0 Å². The van der Waals surface area contributed by atoms with E-state index in [4.69, 9.17) is 9.84 Å². The molecule has 0 aromatic rings. The minimum atomic E-state index is -1.37. The summed E-state index contributed by atoms with van der Waals surface area (Å²) >= 11 is 0. The van der Waals surface area contributed by atoms with Crippen molar-refractivity contribution in [3.8, 4) is 0 Å². The van der Waals surface area contributed by atoms with Crippen LogP contribution in [0.2, 0.25) is 0 Å². The lowest BCUT2D eigenvalue weighted by Gasteiger charge is -2.37. The van der Waals surface area contributed by atoms with Gasteiger partial charge in [0, 0.05) is 13.0 Å². The third-order valence-electron chi connectivity index (χ3n) is 2.82. The molecule has 1 aliphatic rings. The quantitative estimate of drug-likeness (QED) is 0.303. The lowest BCUT2D eigenvalue weighted by atomic mass is 10.00. The Balaban J connectivity index is 2.53. The number of aliphatic hydroxyl groups is 3. The fourth-order valence-corrected chi connectivity index (χ4v) is 1.73. The molecule has 1 fully saturated rings. The molecule has 4 atom stereocenters. The molecule has 1 heterocycles. The van der Waals surface area contributed by atoms with E-state index < -0.39 is 42.1 Å². The molecule has 1 saturated heterocycles. The number of hydrogen-bond acceptors (Lipinski definition) is 6. The lowest BCUT2D eigenvalue weighted by Crippen LogP contribution is -2.56. The normalized spacial score (nSPS) is 29.3. The summed E-state index contributed by atoms with van der Waals surface area (Å²) in [5, 5.41) is 33.1. The number of hydrogen-bond donors (Lipinski definition) is 5. The highest BCUT2D eigenvalue weighted by Gasteiger charge is 2.37. The molecule has 1 rings (SSSR count). The molecule has 112 valence electrons. The summed E-state index contributed by atoms with van der Waals surface area (Å²) in [6.45, 7) is 6.31. The predicted molar refractivity (Wildman–Crippen MR) is 68.4 cm³/mol. The number of carbonyl (C=O) groups excluding carboxylic acids is 2. The van der Waals surface area contributed by atoms with E-state index in [1.54, 1.807) is 0 Å². The summed E-state index contributed by atoms with van der Waals surface area (Å²) in [5.74, 6) is -1.99.